The van der Waals surface area contributed by atoms with Gasteiger partial charge in [-0.3, -0.25) is 5.43 Å². The van der Waals surface area contributed by atoms with Crippen molar-refractivity contribution in [2.75, 3.05) is 0 Å². The molecule has 0 aliphatic heterocycles. The number of hydrogen-bond acceptors (Lipinski definition) is 2. The quantitative estimate of drug-likeness (QED) is 0.340. The van der Waals surface area contributed by atoms with Crippen LogP contribution in [-0.2, 0) is 0 Å². The van der Waals surface area contributed by atoms with Gasteiger partial charge in [-0.25, -0.2) is 0 Å². The zero-order valence-corrected chi connectivity index (χ0v) is 5.25. The number of nitrogens with one attached hydrogen (secondary N) is 1. The minimum atomic E-state index is 1.56. The number of nitrogens with zero attached hydrogens (tertiary/aromatic N) is 1. The Balaban J connectivity index is 3.27. The minimum Gasteiger partial charge on any atom is -0.286 e. The monoisotopic (exact) mass is 122 g/mol. The Kier molecular flexibility index (Phi) is 5.72. The van der Waals surface area contributed by atoms with Gasteiger partial charge in [-0.05, 0) is 12.2 Å². The molecule has 0 aromatic rings. The van der Waals surface area contributed by atoms with Gasteiger partial charge in [0.1, 0.15) is 0 Å². The Hall–Kier alpha value is -1.31. The van der Waals surface area contributed by atoms with Crippen molar-refractivity contribution in [1.82, 2.24) is 5.43 Å². The molecule has 0 atom stereocenters. The summed E-state index contributed by atoms with van der Waals surface area (Å²) in [7, 11) is 0. The van der Waals surface area contributed by atoms with E-state index < -0.39 is 0 Å². The molecular weight excluding hydrogens is 112 g/mol. The summed E-state index contributed by atoms with van der Waals surface area (Å²) < 4.78 is 0. The molecule has 0 saturated heterocycles. The molecule has 0 bridgehead atoms. The average molecular weight is 122 g/mol. The molecule has 0 fully saturated rings. The summed E-state index contributed by atoms with van der Waals surface area (Å²) >= 11 is 0. The predicted molar refractivity (Wildman–Crippen MR) is 41.2 cm³/mol. The fourth-order valence-corrected chi connectivity index (χ4v) is 0.250. The Labute approximate surface area is 55.3 Å². The highest BCUT2D eigenvalue weighted by Gasteiger charge is 1.59. The molecule has 0 spiro atoms. The van der Waals surface area contributed by atoms with Crippen molar-refractivity contribution in [2.24, 2.45) is 5.10 Å². The molecule has 0 aromatic carbocycles. The van der Waals surface area contributed by atoms with E-state index in [4.69, 9.17) is 0 Å². The van der Waals surface area contributed by atoms with Crippen molar-refractivity contribution in [3.8, 4) is 0 Å². The van der Waals surface area contributed by atoms with E-state index in [-0.39, 0.29) is 0 Å². The summed E-state index contributed by atoms with van der Waals surface area (Å²) in [4.78, 5) is 0. The van der Waals surface area contributed by atoms with Crippen molar-refractivity contribution in [3.05, 3.63) is 37.6 Å². The summed E-state index contributed by atoms with van der Waals surface area (Å²) in [5.74, 6) is 0. The normalized spacial score (nSPS) is 10.2. The van der Waals surface area contributed by atoms with E-state index in [1.165, 1.54) is 0 Å². The summed E-state index contributed by atoms with van der Waals surface area (Å²) in [6.07, 6.45) is 8.24. The molecule has 0 aliphatic rings. The fraction of sp³-hybridized carbons (Fsp3) is 0. The van der Waals surface area contributed by atoms with Crippen molar-refractivity contribution in [1.29, 1.82) is 0 Å². The first kappa shape index (κ1) is 7.69. The third-order valence-electron chi connectivity index (χ3n) is 0.561. The second-order valence-electron chi connectivity index (χ2n) is 1.24. The van der Waals surface area contributed by atoms with Crippen LogP contribution in [0.5, 0.6) is 0 Å². The summed E-state index contributed by atoms with van der Waals surface area (Å²) in [6.45, 7) is 6.92. The minimum absolute atomic E-state index is 1.56. The van der Waals surface area contributed by atoms with E-state index in [0.717, 1.165) is 0 Å². The Bertz CT molecular complexity index is 118. The molecule has 1 N–H and O–H groups in total. The van der Waals surface area contributed by atoms with Crippen LogP contribution in [0.3, 0.4) is 0 Å². The average Bonchev–Trinajstić information content (AvgIpc) is 1.89. The molecule has 2 heteroatoms. The Morgan fingerprint density at radius 3 is 2.56 bits per heavy atom. The molecule has 2 nitrogen and oxygen atoms in total. The van der Waals surface area contributed by atoms with Gasteiger partial charge in [0, 0.05) is 12.4 Å². The molecule has 0 heterocycles. The number of hydrogen-bond donors (Lipinski definition) is 1. The highest BCUT2D eigenvalue weighted by molar-refractivity contribution is 5.69. The van der Waals surface area contributed by atoms with Crippen LogP contribution in [0.4, 0.5) is 0 Å². The highest BCUT2D eigenvalue weighted by atomic mass is 15.3. The van der Waals surface area contributed by atoms with Crippen LogP contribution in [0, 0.1) is 0 Å². The third kappa shape index (κ3) is 6.69. The second-order valence-corrected chi connectivity index (χ2v) is 1.24. The fourth-order valence-electron chi connectivity index (χ4n) is 0.250. The van der Waals surface area contributed by atoms with Gasteiger partial charge in [0.2, 0.25) is 0 Å². The maximum atomic E-state index is 3.70. The predicted octanol–water partition coefficient (Wildman–Crippen LogP) is 1.45. The van der Waals surface area contributed by atoms with Crippen molar-refractivity contribution < 1.29 is 0 Å². The maximum absolute atomic E-state index is 3.70. The van der Waals surface area contributed by atoms with E-state index in [9.17, 15) is 0 Å². The molecule has 0 aliphatic carbocycles. The molecule has 0 amide bonds. The van der Waals surface area contributed by atoms with Crippen molar-refractivity contribution >= 4 is 6.21 Å². The second kappa shape index (κ2) is 6.69. The van der Waals surface area contributed by atoms with E-state index >= 15 is 0 Å². The van der Waals surface area contributed by atoms with Gasteiger partial charge in [0.05, 0.1) is 0 Å². The number of allylic oxidation sites excluding steroid dienone is 3. The van der Waals surface area contributed by atoms with Gasteiger partial charge >= 0.3 is 0 Å². The van der Waals surface area contributed by atoms with Gasteiger partial charge in [0.15, 0.2) is 0 Å². The van der Waals surface area contributed by atoms with Gasteiger partial charge in [-0.1, -0.05) is 19.2 Å². The maximum Gasteiger partial charge on any atom is 0.0466 e. The first-order chi connectivity index (χ1) is 4.41. The van der Waals surface area contributed by atoms with Gasteiger partial charge < -0.3 is 0 Å². The topological polar surface area (TPSA) is 24.4 Å². The summed E-state index contributed by atoms with van der Waals surface area (Å²) in [5, 5.41) is 3.70. The molecule has 0 aromatic heterocycles. The molecule has 0 radical (unpaired) electrons. The van der Waals surface area contributed by atoms with Crippen LogP contribution in [0.1, 0.15) is 0 Å². The van der Waals surface area contributed by atoms with Gasteiger partial charge in [-0.2, -0.15) is 5.10 Å². The lowest BCUT2D eigenvalue weighted by Crippen LogP contribution is -1.90. The van der Waals surface area contributed by atoms with Crippen LogP contribution < -0.4 is 5.43 Å². The molecule has 9 heavy (non-hydrogen) atoms. The standard InChI is InChI=1S/C7H10N2/c1-3-5-7-9-8-6-4-2/h3-7,9H,1-2H2/b7-5+,8-6+. The Morgan fingerprint density at radius 1 is 1.22 bits per heavy atom. The lowest BCUT2D eigenvalue weighted by Gasteiger charge is -1.82. The van der Waals surface area contributed by atoms with E-state index in [2.05, 4.69) is 23.7 Å². The van der Waals surface area contributed by atoms with Crippen LogP contribution >= 0.6 is 0 Å². The first-order valence-corrected chi connectivity index (χ1v) is 2.59. The van der Waals surface area contributed by atoms with Crippen LogP contribution in [0.15, 0.2) is 42.7 Å². The number of hydrazone groups is 1. The zero-order valence-electron chi connectivity index (χ0n) is 5.25. The van der Waals surface area contributed by atoms with Gasteiger partial charge in [0.25, 0.3) is 0 Å². The summed E-state index contributed by atoms with van der Waals surface area (Å²) in [6, 6.07) is 0. The smallest absolute Gasteiger partial charge is 0.0466 e. The van der Waals surface area contributed by atoms with Crippen LogP contribution in [-0.4, -0.2) is 6.21 Å². The van der Waals surface area contributed by atoms with Crippen LogP contribution in [0.25, 0.3) is 0 Å². The van der Waals surface area contributed by atoms with E-state index in [0.29, 0.717) is 0 Å². The number of rotatable bonds is 4. The molecule has 0 saturated carbocycles. The Morgan fingerprint density at radius 2 is 2.00 bits per heavy atom. The van der Waals surface area contributed by atoms with Crippen molar-refractivity contribution in [3.63, 3.8) is 0 Å². The van der Waals surface area contributed by atoms with Crippen LogP contribution in [0.2, 0.25) is 0 Å². The molecule has 0 rings (SSSR count). The highest BCUT2D eigenvalue weighted by Crippen LogP contribution is 1.66. The van der Waals surface area contributed by atoms with Gasteiger partial charge in [-0.15, -0.1) is 0 Å². The third-order valence-corrected chi connectivity index (χ3v) is 0.561. The lowest BCUT2D eigenvalue weighted by atomic mass is 10.6. The first-order valence-electron chi connectivity index (χ1n) is 2.59. The molecule has 48 valence electrons. The molecular formula is C7H10N2. The molecule has 0 unspecified atom stereocenters. The zero-order chi connectivity index (χ0) is 6.95. The van der Waals surface area contributed by atoms with Crippen molar-refractivity contribution in [2.45, 2.75) is 0 Å². The van der Waals surface area contributed by atoms with E-state index in [1.807, 2.05) is 0 Å². The van der Waals surface area contributed by atoms with E-state index in [1.54, 1.807) is 30.6 Å². The largest absolute Gasteiger partial charge is 0.286 e. The SMILES string of the molecule is C=C/C=C/N/N=C/C=C. The lowest BCUT2D eigenvalue weighted by molar-refractivity contribution is 0.977. The summed E-state index contributed by atoms with van der Waals surface area (Å²) in [5.41, 5.74) is 2.63.